The minimum Gasteiger partial charge on any atom is -0.353 e. The van der Waals surface area contributed by atoms with Crippen LogP contribution >= 0.6 is 0 Å². The van der Waals surface area contributed by atoms with Crippen LogP contribution in [0.5, 0.6) is 0 Å². The first kappa shape index (κ1) is 6.16. The minimum absolute atomic E-state index is 1.05. The largest absolute Gasteiger partial charge is 0.353 e. The summed E-state index contributed by atoms with van der Waals surface area (Å²) in [7, 11) is 0. The molecule has 11 heavy (non-hydrogen) atoms. The lowest BCUT2D eigenvalue weighted by atomic mass is 10.2. The quantitative estimate of drug-likeness (QED) is 0.648. The molecule has 1 radical (unpaired) electrons. The van der Waals surface area contributed by atoms with Crippen molar-refractivity contribution in [2.75, 3.05) is 0 Å². The summed E-state index contributed by atoms with van der Waals surface area (Å²) in [6, 6.07) is 7.74. The standard InChI is InChI=1S/C9H7N2/c1-3-8(7-10-5-1)9-4-2-6-11-9/h1-5,7,11H. The lowest BCUT2D eigenvalue weighted by molar-refractivity contribution is 1.30. The monoisotopic (exact) mass is 143 g/mol. The molecule has 0 saturated heterocycles. The molecule has 2 heterocycles. The van der Waals surface area contributed by atoms with Crippen molar-refractivity contribution in [2.24, 2.45) is 0 Å². The molecule has 1 N–H and O–H groups in total. The average molecular weight is 143 g/mol. The van der Waals surface area contributed by atoms with Crippen LogP contribution in [-0.2, 0) is 0 Å². The van der Waals surface area contributed by atoms with E-state index in [2.05, 4.69) is 16.2 Å². The maximum atomic E-state index is 4.01. The summed E-state index contributed by atoms with van der Waals surface area (Å²) in [5, 5.41) is 0. The highest BCUT2D eigenvalue weighted by Gasteiger charge is 1.94. The predicted molar refractivity (Wildman–Crippen MR) is 42.9 cm³/mol. The fourth-order valence-corrected chi connectivity index (χ4v) is 0.977. The van der Waals surface area contributed by atoms with Crippen LogP contribution < -0.4 is 0 Å². The van der Waals surface area contributed by atoms with Crippen LogP contribution in [0.2, 0.25) is 0 Å². The Morgan fingerprint density at radius 1 is 1.36 bits per heavy atom. The smallest absolute Gasteiger partial charge is 0.0624 e. The Bertz CT molecular complexity index is 311. The summed E-state index contributed by atoms with van der Waals surface area (Å²) < 4.78 is 0. The SMILES string of the molecule is [c]1ccc(-c2cccnc2)[nH]1. The zero-order chi connectivity index (χ0) is 7.52. The van der Waals surface area contributed by atoms with Crippen LogP contribution in [0, 0.1) is 6.20 Å². The summed E-state index contributed by atoms with van der Waals surface area (Å²) in [5.41, 5.74) is 2.15. The van der Waals surface area contributed by atoms with Crippen LogP contribution in [0.15, 0.2) is 36.7 Å². The topological polar surface area (TPSA) is 28.7 Å². The van der Waals surface area contributed by atoms with Crippen LogP contribution in [-0.4, -0.2) is 9.97 Å². The van der Waals surface area contributed by atoms with Gasteiger partial charge in [-0.15, -0.1) is 0 Å². The van der Waals surface area contributed by atoms with Gasteiger partial charge in [0.05, 0.1) is 6.20 Å². The Balaban J connectivity index is 2.46. The number of rotatable bonds is 1. The van der Waals surface area contributed by atoms with E-state index in [0.717, 1.165) is 11.3 Å². The second kappa shape index (κ2) is 2.58. The third kappa shape index (κ3) is 1.15. The van der Waals surface area contributed by atoms with E-state index in [-0.39, 0.29) is 0 Å². The fourth-order valence-electron chi connectivity index (χ4n) is 0.977. The minimum atomic E-state index is 1.05. The molecule has 0 amide bonds. The number of pyridine rings is 1. The summed E-state index contributed by atoms with van der Waals surface area (Å²) in [6.45, 7) is 0. The summed E-state index contributed by atoms with van der Waals surface area (Å²) in [4.78, 5) is 7.00. The molecular weight excluding hydrogens is 136 g/mol. The summed E-state index contributed by atoms with van der Waals surface area (Å²) in [5.74, 6) is 0. The second-order valence-corrected chi connectivity index (χ2v) is 2.26. The van der Waals surface area contributed by atoms with Crippen molar-refractivity contribution >= 4 is 0 Å². The molecule has 0 spiro atoms. The lowest BCUT2D eigenvalue weighted by Crippen LogP contribution is -1.76. The molecule has 2 heteroatoms. The molecule has 0 saturated carbocycles. The Morgan fingerprint density at radius 3 is 3.00 bits per heavy atom. The van der Waals surface area contributed by atoms with E-state index in [1.54, 1.807) is 6.20 Å². The number of hydrogen-bond donors (Lipinski definition) is 1. The van der Waals surface area contributed by atoms with Gasteiger partial charge in [0.1, 0.15) is 0 Å². The van der Waals surface area contributed by atoms with Crippen molar-refractivity contribution in [3.05, 3.63) is 42.9 Å². The van der Waals surface area contributed by atoms with Gasteiger partial charge in [-0.05, 0) is 24.3 Å². The van der Waals surface area contributed by atoms with Crippen molar-refractivity contribution in [1.29, 1.82) is 0 Å². The van der Waals surface area contributed by atoms with Gasteiger partial charge in [-0.1, -0.05) is 0 Å². The van der Waals surface area contributed by atoms with Gasteiger partial charge in [0, 0.05) is 23.7 Å². The zero-order valence-corrected chi connectivity index (χ0v) is 5.91. The first-order valence-corrected chi connectivity index (χ1v) is 3.42. The third-order valence-electron chi connectivity index (χ3n) is 1.51. The molecule has 0 aromatic carbocycles. The Morgan fingerprint density at radius 2 is 2.36 bits per heavy atom. The predicted octanol–water partition coefficient (Wildman–Crippen LogP) is 1.88. The highest BCUT2D eigenvalue weighted by atomic mass is 14.7. The zero-order valence-electron chi connectivity index (χ0n) is 5.91. The number of aromatic nitrogens is 2. The Kier molecular flexibility index (Phi) is 1.44. The highest BCUT2D eigenvalue weighted by Crippen LogP contribution is 2.13. The molecule has 0 fully saturated rings. The van der Waals surface area contributed by atoms with Crippen molar-refractivity contribution in [1.82, 2.24) is 9.97 Å². The van der Waals surface area contributed by atoms with E-state index in [0.29, 0.717) is 0 Å². The van der Waals surface area contributed by atoms with Gasteiger partial charge in [-0.3, -0.25) is 4.98 Å². The van der Waals surface area contributed by atoms with Crippen molar-refractivity contribution in [3.63, 3.8) is 0 Å². The summed E-state index contributed by atoms with van der Waals surface area (Å²) >= 11 is 0. The third-order valence-corrected chi connectivity index (χ3v) is 1.51. The van der Waals surface area contributed by atoms with E-state index in [1.807, 2.05) is 30.5 Å². The van der Waals surface area contributed by atoms with Gasteiger partial charge in [0.25, 0.3) is 0 Å². The number of nitrogens with zero attached hydrogens (tertiary/aromatic N) is 1. The molecule has 53 valence electrons. The molecule has 0 aliphatic heterocycles. The first-order chi connectivity index (χ1) is 5.47. The molecule has 0 aliphatic rings. The van der Waals surface area contributed by atoms with E-state index in [1.165, 1.54) is 0 Å². The number of H-pyrrole nitrogens is 1. The van der Waals surface area contributed by atoms with Crippen molar-refractivity contribution in [2.45, 2.75) is 0 Å². The van der Waals surface area contributed by atoms with Crippen LogP contribution in [0.1, 0.15) is 0 Å². The number of hydrogen-bond acceptors (Lipinski definition) is 1. The van der Waals surface area contributed by atoms with Gasteiger partial charge in [-0.25, -0.2) is 0 Å². The summed E-state index contributed by atoms with van der Waals surface area (Å²) in [6.07, 6.45) is 6.45. The van der Waals surface area contributed by atoms with Crippen LogP contribution in [0.3, 0.4) is 0 Å². The molecule has 0 bridgehead atoms. The molecule has 2 aromatic rings. The van der Waals surface area contributed by atoms with Crippen LogP contribution in [0.4, 0.5) is 0 Å². The molecule has 0 unspecified atom stereocenters. The molecule has 0 atom stereocenters. The van der Waals surface area contributed by atoms with Gasteiger partial charge in [-0.2, -0.15) is 0 Å². The molecule has 2 rings (SSSR count). The maximum Gasteiger partial charge on any atom is 0.0624 e. The number of nitrogens with one attached hydrogen (secondary N) is 1. The molecular formula is C9H7N2. The molecule has 2 aromatic heterocycles. The van der Waals surface area contributed by atoms with Crippen molar-refractivity contribution < 1.29 is 0 Å². The van der Waals surface area contributed by atoms with E-state index in [4.69, 9.17) is 0 Å². The lowest BCUT2D eigenvalue weighted by Gasteiger charge is -1.93. The molecule has 2 nitrogen and oxygen atoms in total. The van der Waals surface area contributed by atoms with Crippen LogP contribution in [0.25, 0.3) is 11.3 Å². The first-order valence-electron chi connectivity index (χ1n) is 3.42. The highest BCUT2D eigenvalue weighted by molar-refractivity contribution is 5.57. The Hall–Kier alpha value is -1.57. The second-order valence-electron chi connectivity index (χ2n) is 2.26. The van der Waals surface area contributed by atoms with E-state index in [9.17, 15) is 0 Å². The maximum absolute atomic E-state index is 4.01. The van der Waals surface area contributed by atoms with Gasteiger partial charge < -0.3 is 4.98 Å². The van der Waals surface area contributed by atoms with Gasteiger partial charge in [0.2, 0.25) is 0 Å². The van der Waals surface area contributed by atoms with E-state index < -0.39 is 0 Å². The van der Waals surface area contributed by atoms with E-state index >= 15 is 0 Å². The fraction of sp³-hybridized carbons (Fsp3) is 0. The number of aromatic amines is 1. The van der Waals surface area contributed by atoms with Gasteiger partial charge in [0.15, 0.2) is 0 Å². The average Bonchev–Trinajstić information content (AvgIpc) is 2.58. The normalized spacial score (nSPS) is 9.82. The molecule has 0 aliphatic carbocycles. The van der Waals surface area contributed by atoms with Gasteiger partial charge >= 0.3 is 0 Å². The van der Waals surface area contributed by atoms with Crippen molar-refractivity contribution in [3.8, 4) is 11.3 Å². The Labute approximate surface area is 64.9 Å².